The van der Waals surface area contributed by atoms with Crippen LogP contribution in [0.25, 0.3) is 0 Å². The van der Waals surface area contributed by atoms with Crippen LogP contribution in [0.5, 0.6) is 5.75 Å². The van der Waals surface area contributed by atoms with Crippen molar-refractivity contribution in [1.82, 2.24) is 15.6 Å². The first-order valence-corrected chi connectivity index (χ1v) is 11.1. The van der Waals surface area contributed by atoms with Gasteiger partial charge in [0.15, 0.2) is 0 Å². The summed E-state index contributed by atoms with van der Waals surface area (Å²) in [5.41, 5.74) is 1.85. The van der Waals surface area contributed by atoms with E-state index in [1.165, 1.54) is 11.6 Å². The standard InChI is InChI=1S/C23H28BN3O5/c28-21(11-15-6-8-18(9-7-15)26-14-16-3-2-10-25-13-16)27-20-12-17-4-1-5-19(23(29)30)22(17)32-24(20)31/h1-5,10,13,15,18,20,26,31H,6-9,11-12,14H2,(H,27,28)(H,29,30)/t15-,18-,20-/m0/s1. The molecule has 1 fully saturated rings. The van der Waals surface area contributed by atoms with Crippen molar-refractivity contribution in [2.45, 2.75) is 57.1 Å². The number of hydrogen-bond acceptors (Lipinski definition) is 6. The Morgan fingerprint density at radius 2 is 1.97 bits per heavy atom. The third-order valence-corrected chi connectivity index (χ3v) is 6.33. The topological polar surface area (TPSA) is 121 Å². The molecular weight excluding hydrogens is 409 g/mol. The predicted molar refractivity (Wildman–Crippen MR) is 119 cm³/mol. The monoisotopic (exact) mass is 437 g/mol. The zero-order valence-corrected chi connectivity index (χ0v) is 17.9. The first-order chi connectivity index (χ1) is 15.5. The van der Waals surface area contributed by atoms with Crippen LogP contribution < -0.4 is 15.3 Å². The number of fused-ring (bicyclic) bond motifs is 1. The molecule has 0 bridgehead atoms. The van der Waals surface area contributed by atoms with E-state index in [0.717, 1.165) is 32.2 Å². The van der Waals surface area contributed by atoms with Crippen LogP contribution in [0.2, 0.25) is 0 Å². The minimum Gasteiger partial charge on any atom is -0.534 e. The van der Waals surface area contributed by atoms with E-state index in [2.05, 4.69) is 21.7 Å². The molecule has 1 aromatic carbocycles. The van der Waals surface area contributed by atoms with Crippen LogP contribution in [0, 0.1) is 5.92 Å². The van der Waals surface area contributed by atoms with Crippen molar-refractivity contribution in [1.29, 1.82) is 0 Å². The fourth-order valence-electron chi connectivity index (χ4n) is 4.58. The number of carboxylic acid groups (broad SMARTS) is 1. The quantitative estimate of drug-likeness (QED) is 0.489. The van der Waals surface area contributed by atoms with Crippen LogP contribution in [0.15, 0.2) is 42.7 Å². The third-order valence-electron chi connectivity index (χ3n) is 6.33. The second kappa shape index (κ2) is 10.1. The van der Waals surface area contributed by atoms with Gasteiger partial charge in [-0.25, -0.2) is 4.79 Å². The van der Waals surface area contributed by atoms with Crippen LogP contribution >= 0.6 is 0 Å². The van der Waals surface area contributed by atoms with Gasteiger partial charge >= 0.3 is 13.1 Å². The number of nitrogens with one attached hydrogen (secondary N) is 2. The Hall–Kier alpha value is -2.91. The van der Waals surface area contributed by atoms with E-state index in [9.17, 15) is 19.7 Å². The highest BCUT2D eigenvalue weighted by molar-refractivity contribution is 6.47. The Morgan fingerprint density at radius 3 is 2.69 bits per heavy atom. The van der Waals surface area contributed by atoms with Crippen LogP contribution in [-0.4, -0.2) is 46.1 Å². The van der Waals surface area contributed by atoms with E-state index in [1.807, 2.05) is 12.3 Å². The number of amides is 1. The number of para-hydroxylation sites is 1. The van der Waals surface area contributed by atoms with Crippen molar-refractivity contribution >= 4 is 19.0 Å². The number of aromatic nitrogens is 1. The summed E-state index contributed by atoms with van der Waals surface area (Å²) in [6.07, 6.45) is 8.39. The molecule has 168 valence electrons. The van der Waals surface area contributed by atoms with Gasteiger partial charge in [0, 0.05) is 31.4 Å². The zero-order valence-electron chi connectivity index (χ0n) is 17.9. The summed E-state index contributed by atoms with van der Waals surface area (Å²) < 4.78 is 5.45. The first kappa shape index (κ1) is 22.3. The van der Waals surface area contributed by atoms with Gasteiger partial charge in [-0.3, -0.25) is 9.78 Å². The number of hydrogen-bond donors (Lipinski definition) is 4. The number of pyridine rings is 1. The molecule has 0 saturated heterocycles. The zero-order chi connectivity index (χ0) is 22.5. The van der Waals surface area contributed by atoms with Gasteiger partial charge in [0.25, 0.3) is 0 Å². The Kier molecular flexibility index (Phi) is 7.07. The first-order valence-electron chi connectivity index (χ1n) is 11.1. The summed E-state index contributed by atoms with van der Waals surface area (Å²) in [6.45, 7) is 0.800. The molecule has 32 heavy (non-hydrogen) atoms. The fourth-order valence-corrected chi connectivity index (χ4v) is 4.58. The Balaban J connectivity index is 1.23. The molecule has 9 heteroatoms. The molecule has 1 aliphatic carbocycles. The maximum atomic E-state index is 12.6. The lowest BCUT2D eigenvalue weighted by Gasteiger charge is -2.31. The molecule has 4 rings (SSSR count). The van der Waals surface area contributed by atoms with Crippen molar-refractivity contribution in [3.05, 3.63) is 59.4 Å². The van der Waals surface area contributed by atoms with Crippen LogP contribution in [0.3, 0.4) is 0 Å². The lowest BCUT2D eigenvalue weighted by molar-refractivity contribution is -0.122. The predicted octanol–water partition coefficient (Wildman–Crippen LogP) is 1.96. The van der Waals surface area contributed by atoms with Gasteiger partial charge in [-0.15, -0.1) is 0 Å². The highest BCUT2D eigenvalue weighted by Crippen LogP contribution is 2.31. The number of carbonyl (C=O) groups excluding carboxylic acids is 1. The Bertz CT molecular complexity index is 950. The van der Waals surface area contributed by atoms with Crippen molar-refractivity contribution in [2.75, 3.05) is 0 Å². The Labute approximate surface area is 187 Å². The normalized spacial score (nSPS) is 22.5. The summed E-state index contributed by atoms with van der Waals surface area (Å²) in [5, 5.41) is 26.1. The van der Waals surface area contributed by atoms with E-state index in [0.29, 0.717) is 30.4 Å². The van der Waals surface area contributed by atoms with Crippen molar-refractivity contribution < 1.29 is 24.4 Å². The molecule has 8 nitrogen and oxygen atoms in total. The minimum absolute atomic E-state index is 0.0141. The highest BCUT2D eigenvalue weighted by atomic mass is 16.5. The van der Waals surface area contributed by atoms with Crippen LogP contribution in [-0.2, 0) is 17.8 Å². The molecule has 1 saturated carbocycles. The number of benzene rings is 1. The second-order valence-corrected chi connectivity index (χ2v) is 8.65. The molecular formula is C23H28BN3O5. The molecule has 1 atom stereocenters. The van der Waals surface area contributed by atoms with Gasteiger partial charge in [-0.1, -0.05) is 18.2 Å². The van der Waals surface area contributed by atoms with E-state index < -0.39 is 19.0 Å². The van der Waals surface area contributed by atoms with E-state index in [1.54, 1.807) is 18.3 Å². The number of rotatable bonds is 7. The van der Waals surface area contributed by atoms with Gasteiger partial charge in [0.05, 0.1) is 11.5 Å². The summed E-state index contributed by atoms with van der Waals surface area (Å²) in [7, 11) is -1.28. The molecule has 0 unspecified atom stereocenters. The van der Waals surface area contributed by atoms with Gasteiger partial charge in [0.2, 0.25) is 5.91 Å². The molecule has 1 amide bonds. The van der Waals surface area contributed by atoms with Crippen molar-refractivity contribution in [3.8, 4) is 5.75 Å². The molecule has 1 aliphatic heterocycles. The molecule has 0 spiro atoms. The molecule has 2 aliphatic rings. The number of carbonyl (C=O) groups is 2. The summed E-state index contributed by atoms with van der Waals surface area (Å²) in [5.74, 6) is -1.32. The smallest absolute Gasteiger partial charge is 0.534 e. The lowest BCUT2D eigenvalue weighted by atomic mass is 9.72. The van der Waals surface area contributed by atoms with Gasteiger partial charge in [-0.05, 0) is 61.3 Å². The second-order valence-electron chi connectivity index (χ2n) is 8.65. The number of carboxylic acids is 1. The highest BCUT2D eigenvalue weighted by Gasteiger charge is 2.38. The summed E-state index contributed by atoms with van der Waals surface area (Å²) in [6, 6.07) is 9.28. The average molecular weight is 437 g/mol. The van der Waals surface area contributed by atoms with Gasteiger partial charge in [-0.2, -0.15) is 0 Å². The molecule has 2 heterocycles. The minimum atomic E-state index is -1.28. The average Bonchev–Trinajstić information content (AvgIpc) is 2.79. The number of aromatic carboxylic acids is 1. The lowest BCUT2D eigenvalue weighted by Crippen LogP contribution is -2.53. The van der Waals surface area contributed by atoms with E-state index >= 15 is 0 Å². The largest absolute Gasteiger partial charge is 0.547 e. The molecule has 1 aromatic heterocycles. The molecule has 2 aromatic rings. The third kappa shape index (κ3) is 5.47. The van der Waals surface area contributed by atoms with Gasteiger partial charge in [0.1, 0.15) is 5.75 Å². The SMILES string of the molecule is O=C(C[C@H]1CC[C@H](NCc2cccnc2)CC1)N[C@H]1Cc2cccc(C(=O)O)c2OB1O. The molecule has 4 N–H and O–H groups in total. The van der Waals surface area contributed by atoms with Gasteiger partial charge < -0.3 is 25.4 Å². The van der Waals surface area contributed by atoms with Crippen molar-refractivity contribution in [3.63, 3.8) is 0 Å². The summed E-state index contributed by atoms with van der Waals surface area (Å²) >= 11 is 0. The number of nitrogens with zero attached hydrogens (tertiary/aromatic N) is 1. The van der Waals surface area contributed by atoms with E-state index in [-0.39, 0.29) is 17.2 Å². The van der Waals surface area contributed by atoms with Crippen molar-refractivity contribution in [2.24, 2.45) is 5.92 Å². The molecule has 0 radical (unpaired) electrons. The van der Waals surface area contributed by atoms with Crippen LogP contribution in [0.4, 0.5) is 0 Å². The van der Waals surface area contributed by atoms with Crippen LogP contribution in [0.1, 0.15) is 53.6 Å². The van der Waals surface area contributed by atoms with E-state index in [4.69, 9.17) is 4.65 Å². The Morgan fingerprint density at radius 1 is 1.16 bits per heavy atom. The maximum Gasteiger partial charge on any atom is 0.547 e. The summed E-state index contributed by atoms with van der Waals surface area (Å²) in [4.78, 5) is 28.1. The maximum absolute atomic E-state index is 12.6. The fraction of sp³-hybridized carbons (Fsp3) is 0.435.